The minimum absolute atomic E-state index is 0.269. The highest BCUT2D eigenvalue weighted by Crippen LogP contribution is 2.30. The van der Waals surface area contributed by atoms with Crippen molar-refractivity contribution in [3.8, 4) is 0 Å². The molecule has 4 rings (SSSR count). The number of ether oxygens (including phenoxy) is 1. The van der Waals surface area contributed by atoms with E-state index in [-0.39, 0.29) is 16.9 Å². The Morgan fingerprint density at radius 2 is 1.97 bits per heavy atom. The summed E-state index contributed by atoms with van der Waals surface area (Å²) in [7, 11) is 2.12. The van der Waals surface area contributed by atoms with Crippen LogP contribution < -0.4 is 21.3 Å². The van der Waals surface area contributed by atoms with E-state index in [1.54, 1.807) is 6.92 Å². The van der Waals surface area contributed by atoms with E-state index < -0.39 is 17.2 Å². The van der Waals surface area contributed by atoms with Crippen LogP contribution >= 0.6 is 15.9 Å². The Balaban J connectivity index is 1.34. The summed E-state index contributed by atoms with van der Waals surface area (Å²) >= 11 is 2.59. The Labute approximate surface area is 200 Å². The lowest BCUT2D eigenvalue weighted by atomic mass is 10.1. The number of piperidine rings is 1. The maximum absolute atomic E-state index is 13.0. The van der Waals surface area contributed by atoms with Gasteiger partial charge in [-0.05, 0) is 41.2 Å². The highest BCUT2D eigenvalue weighted by atomic mass is 79.9. The zero-order valence-electron chi connectivity index (χ0n) is 18.5. The SMILES string of the molecule is CN1CCC([S+]([O-])N2CCN(c3ccc(Br)c(NC(=O)C4=COC(C)(N)N4)c3)CC2)CC1. The van der Waals surface area contributed by atoms with E-state index >= 15 is 0 Å². The molecule has 1 aromatic carbocycles. The Kier molecular flexibility index (Phi) is 7.23. The molecule has 9 nitrogen and oxygen atoms in total. The Morgan fingerprint density at radius 1 is 1.28 bits per heavy atom. The molecule has 32 heavy (non-hydrogen) atoms. The number of hydrogen-bond acceptors (Lipinski definition) is 8. The number of rotatable bonds is 5. The van der Waals surface area contributed by atoms with Gasteiger partial charge in [-0.3, -0.25) is 10.5 Å². The molecule has 0 saturated carbocycles. The number of anilines is 2. The fourth-order valence-corrected chi connectivity index (χ4v) is 6.04. The molecule has 3 aliphatic heterocycles. The van der Waals surface area contributed by atoms with E-state index in [1.807, 2.05) is 18.2 Å². The van der Waals surface area contributed by atoms with Gasteiger partial charge in [0.1, 0.15) is 17.2 Å². The molecule has 0 bridgehead atoms. The van der Waals surface area contributed by atoms with Crippen LogP contribution in [-0.4, -0.2) is 77.1 Å². The Bertz CT molecular complexity index is 869. The second kappa shape index (κ2) is 9.78. The van der Waals surface area contributed by atoms with Crippen LogP contribution in [0.1, 0.15) is 19.8 Å². The molecule has 2 unspecified atom stereocenters. The third-order valence-corrected chi connectivity index (χ3v) is 8.66. The molecule has 1 amide bonds. The van der Waals surface area contributed by atoms with Gasteiger partial charge >= 0.3 is 0 Å². The van der Waals surface area contributed by atoms with Gasteiger partial charge in [0.05, 0.1) is 18.8 Å². The lowest BCUT2D eigenvalue weighted by Crippen LogP contribution is -2.52. The zero-order valence-corrected chi connectivity index (χ0v) is 20.9. The van der Waals surface area contributed by atoms with Crippen molar-refractivity contribution in [2.75, 3.05) is 56.5 Å². The number of nitrogens with zero attached hydrogens (tertiary/aromatic N) is 3. The van der Waals surface area contributed by atoms with Crippen LogP contribution in [0, 0.1) is 0 Å². The summed E-state index contributed by atoms with van der Waals surface area (Å²) in [5.41, 5.74) is 7.78. The van der Waals surface area contributed by atoms with Crippen LogP contribution in [-0.2, 0) is 20.9 Å². The summed E-state index contributed by atoms with van der Waals surface area (Å²) in [6, 6.07) is 5.90. The molecule has 11 heteroatoms. The number of piperazine rings is 1. The second-order valence-corrected chi connectivity index (χ2v) is 11.3. The molecule has 0 aliphatic carbocycles. The average molecular weight is 527 g/mol. The number of carbonyl (C=O) groups excluding carboxylic acids is 1. The van der Waals surface area contributed by atoms with Crippen molar-refractivity contribution >= 4 is 44.6 Å². The van der Waals surface area contributed by atoms with Gasteiger partial charge in [-0.15, -0.1) is 4.31 Å². The molecule has 0 radical (unpaired) electrons. The predicted octanol–water partition coefficient (Wildman–Crippen LogP) is 1.36. The standard InChI is InChI=1S/C21H31BrN6O3S/c1-21(23)25-19(14-31-21)20(29)24-18-13-15(3-4-17(18)22)27-9-11-28(12-10-27)32(30)16-5-7-26(2)8-6-16/h3-4,13-14,16,25H,5-12,23H2,1-2H3,(H,24,29). The van der Waals surface area contributed by atoms with E-state index in [9.17, 15) is 9.35 Å². The van der Waals surface area contributed by atoms with E-state index in [0.29, 0.717) is 5.69 Å². The van der Waals surface area contributed by atoms with Gasteiger partial charge in [-0.1, -0.05) is 0 Å². The van der Waals surface area contributed by atoms with E-state index in [2.05, 4.69) is 47.7 Å². The molecular formula is C21H31BrN6O3S. The van der Waals surface area contributed by atoms with Gasteiger partial charge in [-0.25, -0.2) is 0 Å². The van der Waals surface area contributed by atoms with Crippen molar-refractivity contribution < 1.29 is 14.1 Å². The van der Waals surface area contributed by atoms with Crippen LogP contribution in [0.3, 0.4) is 0 Å². The summed E-state index contributed by atoms with van der Waals surface area (Å²) in [6.07, 6.45) is 3.33. The number of likely N-dealkylation sites (tertiary alicyclic amines) is 1. The van der Waals surface area contributed by atoms with E-state index in [0.717, 1.165) is 62.3 Å². The summed E-state index contributed by atoms with van der Waals surface area (Å²) in [6.45, 7) is 6.79. The third-order valence-electron chi connectivity index (χ3n) is 6.06. The largest absolute Gasteiger partial charge is 0.598 e. The number of amides is 1. The monoisotopic (exact) mass is 526 g/mol. The quantitative estimate of drug-likeness (QED) is 0.493. The van der Waals surface area contributed by atoms with Gasteiger partial charge < -0.3 is 29.7 Å². The number of halogens is 1. The minimum Gasteiger partial charge on any atom is -0.598 e. The zero-order chi connectivity index (χ0) is 22.9. The molecule has 3 heterocycles. The average Bonchev–Trinajstić information content (AvgIpc) is 3.15. The molecule has 3 aliphatic rings. The third kappa shape index (κ3) is 5.52. The molecule has 0 spiro atoms. The van der Waals surface area contributed by atoms with E-state index in [1.165, 1.54) is 6.26 Å². The molecular weight excluding hydrogens is 496 g/mol. The fourth-order valence-electron chi connectivity index (χ4n) is 4.14. The maximum Gasteiger partial charge on any atom is 0.275 e. The predicted molar refractivity (Wildman–Crippen MR) is 130 cm³/mol. The van der Waals surface area contributed by atoms with Crippen molar-refractivity contribution in [1.29, 1.82) is 0 Å². The van der Waals surface area contributed by atoms with Crippen LogP contribution in [0.2, 0.25) is 0 Å². The Morgan fingerprint density at radius 3 is 2.59 bits per heavy atom. The molecule has 176 valence electrons. The Hall–Kier alpha value is -1.50. The number of benzene rings is 1. The van der Waals surface area contributed by atoms with Crippen molar-refractivity contribution in [2.45, 2.75) is 30.9 Å². The highest BCUT2D eigenvalue weighted by molar-refractivity contribution is 9.10. The number of nitrogens with two attached hydrogens (primary N) is 1. The van der Waals surface area contributed by atoms with Crippen molar-refractivity contribution in [2.24, 2.45) is 5.73 Å². The number of carbonyl (C=O) groups is 1. The van der Waals surface area contributed by atoms with Crippen LogP contribution in [0.15, 0.2) is 34.6 Å². The van der Waals surface area contributed by atoms with Crippen molar-refractivity contribution in [3.05, 3.63) is 34.6 Å². The van der Waals surface area contributed by atoms with Gasteiger partial charge in [0.15, 0.2) is 0 Å². The smallest absolute Gasteiger partial charge is 0.275 e. The molecule has 2 fully saturated rings. The number of nitrogens with one attached hydrogen (secondary N) is 2. The normalized spacial score (nSPS) is 26.3. The summed E-state index contributed by atoms with van der Waals surface area (Å²) < 4.78 is 21.1. The maximum atomic E-state index is 13.0. The van der Waals surface area contributed by atoms with Gasteiger partial charge in [0.2, 0.25) is 5.85 Å². The lowest BCUT2D eigenvalue weighted by Gasteiger charge is -2.39. The van der Waals surface area contributed by atoms with Crippen molar-refractivity contribution in [3.63, 3.8) is 0 Å². The fraction of sp³-hybridized carbons (Fsp3) is 0.571. The molecule has 4 N–H and O–H groups in total. The molecule has 2 saturated heterocycles. The second-order valence-electron chi connectivity index (χ2n) is 8.69. The molecule has 2 atom stereocenters. The lowest BCUT2D eigenvalue weighted by molar-refractivity contribution is -0.113. The minimum atomic E-state index is -1.08. The summed E-state index contributed by atoms with van der Waals surface area (Å²) in [5.74, 6) is -1.41. The van der Waals surface area contributed by atoms with Crippen LogP contribution in [0.5, 0.6) is 0 Å². The summed E-state index contributed by atoms with van der Waals surface area (Å²) in [4.78, 5) is 17.1. The van der Waals surface area contributed by atoms with Crippen LogP contribution in [0.4, 0.5) is 11.4 Å². The first-order valence-corrected chi connectivity index (χ1v) is 12.8. The van der Waals surface area contributed by atoms with E-state index in [4.69, 9.17) is 10.5 Å². The first-order chi connectivity index (χ1) is 15.2. The van der Waals surface area contributed by atoms with Gasteiger partial charge in [0, 0.05) is 67.5 Å². The summed E-state index contributed by atoms with van der Waals surface area (Å²) in [5, 5.41) is 6.00. The van der Waals surface area contributed by atoms with Gasteiger partial charge in [-0.2, -0.15) is 0 Å². The van der Waals surface area contributed by atoms with Crippen LogP contribution in [0.25, 0.3) is 0 Å². The molecule has 0 aromatic heterocycles. The van der Waals surface area contributed by atoms with Crippen molar-refractivity contribution in [1.82, 2.24) is 14.5 Å². The van der Waals surface area contributed by atoms with Gasteiger partial charge in [0.25, 0.3) is 5.91 Å². The first kappa shape index (κ1) is 23.7. The molecule has 1 aromatic rings. The first-order valence-electron chi connectivity index (χ1n) is 10.9. The topological polar surface area (TPSA) is 109 Å². The highest BCUT2D eigenvalue weighted by Gasteiger charge is 2.34. The number of hydrogen-bond donors (Lipinski definition) is 3.